The standard InChI is InChI=1S/C4H8O2/c1-4(5)2-3-6-4/h5H,2-3H2,1H3. The summed E-state index contributed by atoms with van der Waals surface area (Å²) in [6.45, 7) is 2.38. The van der Waals surface area contributed by atoms with Crippen LogP contribution in [0.15, 0.2) is 0 Å². The molecule has 0 amide bonds. The van der Waals surface area contributed by atoms with E-state index in [2.05, 4.69) is 4.74 Å². The fraction of sp³-hybridized carbons (Fsp3) is 1.00. The highest BCUT2D eigenvalue weighted by Gasteiger charge is 2.28. The Bertz CT molecular complexity index is 52.6. The molecule has 6 heavy (non-hydrogen) atoms. The maximum Gasteiger partial charge on any atom is 0.164 e. The van der Waals surface area contributed by atoms with Crippen molar-refractivity contribution >= 4 is 0 Å². The van der Waals surface area contributed by atoms with Crippen molar-refractivity contribution in [3.05, 3.63) is 0 Å². The summed E-state index contributed by atoms with van der Waals surface area (Å²) < 4.78 is 4.67. The number of aliphatic hydroxyl groups is 1. The molecule has 2 heteroatoms. The van der Waals surface area contributed by atoms with E-state index in [1.165, 1.54) is 0 Å². The molecule has 0 aromatic heterocycles. The minimum absolute atomic E-state index is 0.715. The molecule has 2 nitrogen and oxygen atoms in total. The third-order valence-electron chi connectivity index (χ3n) is 0.979. The minimum atomic E-state index is -0.778. The number of hydrogen-bond acceptors (Lipinski definition) is 2. The second-order valence-corrected chi connectivity index (χ2v) is 1.77. The summed E-state index contributed by atoms with van der Waals surface area (Å²) in [4.78, 5) is 0. The first-order valence-electron chi connectivity index (χ1n) is 2.07. The van der Waals surface area contributed by atoms with Crippen LogP contribution in [0.5, 0.6) is 0 Å². The lowest BCUT2D eigenvalue weighted by Crippen LogP contribution is -2.39. The summed E-state index contributed by atoms with van der Waals surface area (Å²) in [6, 6.07) is 0. The smallest absolute Gasteiger partial charge is 0.164 e. The molecule has 1 rings (SSSR count). The average molecular weight is 88.1 g/mol. The van der Waals surface area contributed by atoms with Crippen molar-refractivity contribution in [3.8, 4) is 0 Å². The van der Waals surface area contributed by atoms with Crippen LogP contribution in [0.4, 0.5) is 0 Å². The molecule has 0 aromatic rings. The zero-order valence-electron chi connectivity index (χ0n) is 3.77. The summed E-state index contributed by atoms with van der Waals surface area (Å²) in [6.07, 6.45) is 0.785. The molecule has 0 aromatic carbocycles. The molecular weight excluding hydrogens is 80.0 g/mol. The molecule has 1 saturated heterocycles. The third kappa shape index (κ3) is 0.533. The second-order valence-electron chi connectivity index (χ2n) is 1.77. The van der Waals surface area contributed by atoms with Crippen LogP contribution in [-0.2, 0) is 4.74 Å². The average Bonchev–Trinajstić information content (AvgIpc) is 1.32. The monoisotopic (exact) mass is 88.1 g/mol. The van der Waals surface area contributed by atoms with Gasteiger partial charge in [-0.3, -0.25) is 0 Å². The molecule has 0 aliphatic carbocycles. The molecule has 1 N–H and O–H groups in total. The lowest BCUT2D eigenvalue weighted by Gasteiger charge is -2.32. The quantitative estimate of drug-likeness (QED) is 0.455. The fourth-order valence-corrected chi connectivity index (χ4v) is 0.397. The Hall–Kier alpha value is -0.0800. The molecule has 1 aliphatic rings. The van der Waals surface area contributed by atoms with Gasteiger partial charge in [-0.1, -0.05) is 0 Å². The van der Waals surface area contributed by atoms with Gasteiger partial charge in [0.15, 0.2) is 5.79 Å². The predicted octanol–water partition coefficient (Wildman–Crippen LogP) is 0.115. The number of rotatable bonds is 0. The first-order chi connectivity index (χ1) is 2.71. The second kappa shape index (κ2) is 0.950. The SMILES string of the molecule is CC1(O)CCO1. The van der Waals surface area contributed by atoms with Crippen molar-refractivity contribution in [1.82, 2.24) is 0 Å². The Morgan fingerprint density at radius 1 is 1.83 bits per heavy atom. The van der Waals surface area contributed by atoms with Crippen LogP contribution in [0.2, 0.25) is 0 Å². The van der Waals surface area contributed by atoms with Crippen molar-refractivity contribution in [2.45, 2.75) is 19.1 Å². The normalized spacial score (nSPS) is 45.0. The van der Waals surface area contributed by atoms with Crippen molar-refractivity contribution in [2.24, 2.45) is 0 Å². The molecule has 36 valence electrons. The maximum atomic E-state index is 8.69. The van der Waals surface area contributed by atoms with Gasteiger partial charge in [0.05, 0.1) is 6.61 Å². The Kier molecular flexibility index (Phi) is 0.648. The van der Waals surface area contributed by atoms with Crippen molar-refractivity contribution in [3.63, 3.8) is 0 Å². The Morgan fingerprint density at radius 3 is 2.17 bits per heavy atom. The van der Waals surface area contributed by atoms with Crippen LogP contribution >= 0.6 is 0 Å². The van der Waals surface area contributed by atoms with E-state index >= 15 is 0 Å². The lowest BCUT2D eigenvalue weighted by atomic mass is 10.2. The topological polar surface area (TPSA) is 29.5 Å². The Morgan fingerprint density at radius 2 is 2.17 bits per heavy atom. The highest BCUT2D eigenvalue weighted by Crippen LogP contribution is 2.20. The van der Waals surface area contributed by atoms with Crippen molar-refractivity contribution < 1.29 is 9.84 Å². The summed E-state index contributed by atoms with van der Waals surface area (Å²) >= 11 is 0. The largest absolute Gasteiger partial charge is 0.366 e. The summed E-state index contributed by atoms with van der Waals surface area (Å²) in [5.41, 5.74) is 0. The summed E-state index contributed by atoms with van der Waals surface area (Å²) in [5, 5.41) is 8.69. The van der Waals surface area contributed by atoms with Gasteiger partial charge in [-0.05, 0) is 6.92 Å². The number of hydrogen-bond donors (Lipinski definition) is 1. The van der Waals surface area contributed by atoms with Gasteiger partial charge in [-0.25, -0.2) is 0 Å². The van der Waals surface area contributed by atoms with Gasteiger partial charge < -0.3 is 9.84 Å². The first-order valence-corrected chi connectivity index (χ1v) is 2.07. The lowest BCUT2D eigenvalue weighted by molar-refractivity contribution is -0.268. The van der Waals surface area contributed by atoms with E-state index in [0.717, 1.165) is 6.42 Å². The highest BCUT2D eigenvalue weighted by molar-refractivity contribution is 4.67. The van der Waals surface area contributed by atoms with Crippen LogP contribution in [0, 0.1) is 0 Å². The van der Waals surface area contributed by atoms with E-state index < -0.39 is 5.79 Å². The molecule has 1 unspecified atom stereocenters. The fourth-order valence-electron chi connectivity index (χ4n) is 0.397. The van der Waals surface area contributed by atoms with Crippen LogP contribution in [0.25, 0.3) is 0 Å². The molecule has 0 radical (unpaired) electrons. The van der Waals surface area contributed by atoms with Gasteiger partial charge in [0.1, 0.15) is 0 Å². The van der Waals surface area contributed by atoms with E-state index in [1.54, 1.807) is 6.92 Å². The third-order valence-corrected chi connectivity index (χ3v) is 0.979. The predicted molar refractivity (Wildman–Crippen MR) is 21.2 cm³/mol. The van der Waals surface area contributed by atoms with Gasteiger partial charge in [0, 0.05) is 6.42 Å². The van der Waals surface area contributed by atoms with Gasteiger partial charge >= 0.3 is 0 Å². The Balaban J connectivity index is 2.31. The van der Waals surface area contributed by atoms with E-state index in [-0.39, 0.29) is 0 Å². The maximum absolute atomic E-state index is 8.69. The Labute approximate surface area is 36.7 Å². The van der Waals surface area contributed by atoms with Crippen LogP contribution < -0.4 is 0 Å². The van der Waals surface area contributed by atoms with Crippen LogP contribution in [0.1, 0.15) is 13.3 Å². The van der Waals surface area contributed by atoms with Crippen LogP contribution in [0.3, 0.4) is 0 Å². The molecule has 1 atom stereocenters. The highest BCUT2D eigenvalue weighted by atomic mass is 16.6. The van der Waals surface area contributed by atoms with Crippen molar-refractivity contribution in [1.29, 1.82) is 0 Å². The molecule has 0 saturated carbocycles. The van der Waals surface area contributed by atoms with Gasteiger partial charge in [-0.15, -0.1) is 0 Å². The van der Waals surface area contributed by atoms with Gasteiger partial charge in [-0.2, -0.15) is 0 Å². The minimum Gasteiger partial charge on any atom is -0.366 e. The molecule has 0 bridgehead atoms. The molecule has 1 heterocycles. The summed E-state index contributed by atoms with van der Waals surface area (Å²) in [5.74, 6) is -0.778. The van der Waals surface area contributed by atoms with E-state index in [4.69, 9.17) is 5.11 Å². The van der Waals surface area contributed by atoms with Gasteiger partial charge in [0.25, 0.3) is 0 Å². The summed E-state index contributed by atoms with van der Waals surface area (Å²) in [7, 11) is 0. The zero-order valence-corrected chi connectivity index (χ0v) is 3.77. The van der Waals surface area contributed by atoms with Crippen LogP contribution in [-0.4, -0.2) is 17.5 Å². The number of ether oxygens (including phenoxy) is 1. The van der Waals surface area contributed by atoms with E-state index in [1.807, 2.05) is 0 Å². The van der Waals surface area contributed by atoms with E-state index in [9.17, 15) is 0 Å². The molecular formula is C4H8O2. The first kappa shape index (κ1) is 4.09. The molecule has 1 aliphatic heterocycles. The van der Waals surface area contributed by atoms with Crippen molar-refractivity contribution in [2.75, 3.05) is 6.61 Å². The molecule has 1 fully saturated rings. The van der Waals surface area contributed by atoms with E-state index in [0.29, 0.717) is 6.61 Å². The molecule has 0 spiro atoms. The zero-order chi connectivity index (χ0) is 4.62. The van der Waals surface area contributed by atoms with Gasteiger partial charge in [0.2, 0.25) is 0 Å².